The smallest absolute Gasteiger partial charge is 0.233 e. The van der Waals surface area contributed by atoms with Crippen molar-refractivity contribution in [3.8, 4) is 22.8 Å². The fourth-order valence-electron chi connectivity index (χ4n) is 2.79. The number of nitrogen functional groups attached to an aromatic ring is 1. The van der Waals surface area contributed by atoms with Gasteiger partial charge in [0.2, 0.25) is 16.9 Å². The standard InChI is InChI=1S/C17H18FN7O2S/c18-12-3-1-11(2-4-12)13-9-14(21-20-13)16-22-23-17(25(16)19)28-10-15(26)24-5-7-27-8-6-24/h1-4,9H,5-8,10,19H2,(H,20,21). The molecule has 0 radical (unpaired) electrons. The molecule has 2 aromatic heterocycles. The van der Waals surface area contributed by atoms with Crippen LogP contribution in [-0.2, 0) is 9.53 Å². The molecule has 9 nitrogen and oxygen atoms in total. The van der Waals surface area contributed by atoms with Crippen molar-refractivity contribution in [1.29, 1.82) is 0 Å². The summed E-state index contributed by atoms with van der Waals surface area (Å²) in [6, 6.07) is 7.78. The number of aromatic nitrogens is 5. The van der Waals surface area contributed by atoms with E-state index in [4.69, 9.17) is 10.6 Å². The molecule has 1 amide bonds. The number of nitrogens with zero attached hydrogens (tertiary/aromatic N) is 5. The fourth-order valence-corrected chi connectivity index (χ4v) is 3.55. The molecule has 3 heterocycles. The summed E-state index contributed by atoms with van der Waals surface area (Å²) in [5.74, 6) is 6.41. The summed E-state index contributed by atoms with van der Waals surface area (Å²) in [5, 5.41) is 15.7. The quantitative estimate of drug-likeness (QED) is 0.485. The van der Waals surface area contributed by atoms with Crippen LogP contribution in [0.25, 0.3) is 22.8 Å². The summed E-state index contributed by atoms with van der Waals surface area (Å²) >= 11 is 1.23. The predicted molar refractivity (Wildman–Crippen MR) is 101 cm³/mol. The highest BCUT2D eigenvalue weighted by atomic mass is 32.2. The minimum atomic E-state index is -0.311. The number of amides is 1. The maximum absolute atomic E-state index is 13.1. The van der Waals surface area contributed by atoms with Gasteiger partial charge in [-0.3, -0.25) is 9.89 Å². The van der Waals surface area contributed by atoms with Gasteiger partial charge in [0.05, 0.1) is 24.7 Å². The molecule has 3 aromatic rings. The largest absolute Gasteiger partial charge is 0.378 e. The van der Waals surface area contributed by atoms with Crippen molar-refractivity contribution >= 4 is 17.7 Å². The SMILES string of the molecule is Nn1c(SCC(=O)N2CCOCC2)nnc1-c1cc(-c2ccc(F)cc2)n[nH]1. The maximum atomic E-state index is 13.1. The molecule has 0 atom stereocenters. The number of rotatable bonds is 5. The second-order valence-electron chi connectivity index (χ2n) is 6.13. The van der Waals surface area contributed by atoms with Gasteiger partial charge < -0.3 is 15.5 Å². The molecule has 4 rings (SSSR count). The number of thioether (sulfide) groups is 1. The van der Waals surface area contributed by atoms with Crippen molar-refractivity contribution in [2.24, 2.45) is 0 Å². The van der Waals surface area contributed by atoms with E-state index in [9.17, 15) is 9.18 Å². The van der Waals surface area contributed by atoms with Crippen LogP contribution < -0.4 is 5.84 Å². The molecule has 0 spiro atoms. The number of morpholine rings is 1. The number of nitrogens with two attached hydrogens (primary N) is 1. The average molecular weight is 403 g/mol. The lowest BCUT2D eigenvalue weighted by atomic mass is 10.1. The van der Waals surface area contributed by atoms with Crippen LogP contribution in [0.2, 0.25) is 0 Å². The first-order valence-corrected chi connectivity index (χ1v) is 9.61. The summed E-state index contributed by atoms with van der Waals surface area (Å²) in [7, 11) is 0. The lowest BCUT2D eigenvalue weighted by Gasteiger charge is -2.26. The zero-order chi connectivity index (χ0) is 19.5. The lowest BCUT2D eigenvalue weighted by Crippen LogP contribution is -2.41. The molecular weight excluding hydrogens is 385 g/mol. The molecule has 1 aliphatic heterocycles. The molecule has 1 saturated heterocycles. The highest BCUT2D eigenvalue weighted by Gasteiger charge is 2.20. The van der Waals surface area contributed by atoms with Crippen molar-refractivity contribution in [2.45, 2.75) is 5.16 Å². The third-order valence-electron chi connectivity index (χ3n) is 4.31. The predicted octanol–water partition coefficient (Wildman–Crippen LogP) is 1.14. The van der Waals surface area contributed by atoms with Crippen molar-refractivity contribution in [1.82, 2.24) is 30.0 Å². The van der Waals surface area contributed by atoms with E-state index in [1.165, 1.54) is 28.6 Å². The summed E-state index contributed by atoms with van der Waals surface area (Å²) in [4.78, 5) is 14.0. The molecule has 0 saturated carbocycles. The zero-order valence-electron chi connectivity index (χ0n) is 14.8. The number of ether oxygens (including phenoxy) is 1. The van der Waals surface area contributed by atoms with Gasteiger partial charge in [-0.05, 0) is 30.3 Å². The van der Waals surface area contributed by atoms with Crippen molar-refractivity contribution in [3.05, 3.63) is 36.1 Å². The number of H-pyrrole nitrogens is 1. The van der Waals surface area contributed by atoms with Gasteiger partial charge in [-0.15, -0.1) is 10.2 Å². The highest BCUT2D eigenvalue weighted by Crippen LogP contribution is 2.25. The van der Waals surface area contributed by atoms with E-state index in [0.717, 1.165) is 5.56 Å². The van der Waals surface area contributed by atoms with Crippen molar-refractivity contribution in [2.75, 3.05) is 37.9 Å². The van der Waals surface area contributed by atoms with Gasteiger partial charge >= 0.3 is 0 Å². The molecule has 1 fully saturated rings. The van der Waals surface area contributed by atoms with Crippen LogP contribution >= 0.6 is 11.8 Å². The Bertz CT molecular complexity index is 966. The van der Waals surface area contributed by atoms with E-state index in [-0.39, 0.29) is 17.5 Å². The number of aromatic amines is 1. The molecule has 0 unspecified atom stereocenters. The summed E-state index contributed by atoms with van der Waals surface area (Å²) in [5.41, 5.74) is 1.97. The number of carbonyl (C=O) groups excluding carboxylic acids is 1. The number of halogens is 1. The fraction of sp³-hybridized carbons (Fsp3) is 0.294. The molecule has 11 heteroatoms. The topological polar surface area (TPSA) is 115 Å². The van der Waals surface area contributed by atoms with Gasteiger partial charge in [0, 0.05) is 18.7 Å². The van der Waals surface area contributed by atoms with E-state index >= 15 is 0 Å². The molecule has 0 aliphatic carbocycles. The van der Waals surface area contributed by atoms with E-state index in [1.54, 1.807) is 23.1 Å². The van der Waals surface area contributed by atoms with Gasteiger partial charge in [0.1, 0.15) is 11.5 Å². The Morgan fingerprint density at radius 1 is 1.25 bits per heavy atom. The van der Waals surface area contributed by atoms with Crippen molar-refractivity contribution in [3.63, 3.8) is 0 Å². The lowest BCUT2D eigenvalue weighted by molar-refractivity contribution is -0.132. The Morgan fingerprint density at radius 3 is 2.75 bits per heavy atom. The first-order valence-electron chi connectivity index (χ1n) is 8.62. The first-order chi connectivity index (χ1) is 13.6. The van der Waals surface area contributed by atoms with Gasteiger partial charge in [0.15, 0.2) is 0 Å². The maximum Gasteiger partial charge on any atom is 0.233 e. The Morgan fingerprint density at radius 2 is 2.00 bits per heavy atom. The second-order valence-corrected chi connectivity index (χ2v) is 7.07. The highest BCUT2D eigenvalue weighted by molar-refractivity contribution is 7.99. The van der Waals surface area contributed by atoms with Crippen LogP contribution in [-0.4, -0.2) is 67.9 Å². The molecule has 0 bridgehead atoms. The summed E-state index contributed by atoms with van der Waals surface area (Å²) in [6.45, 7) is 2.31. The van der Waals surface area contributed by atoms with Crippen LogP contribution in [0.5, 0.6) is 0 Å². The Labute approximate surface area is 164 Å². The van der Waals surface area contributed by atoms with E-state index in [1.807, 2.05) is 0 Å². The van der Waals surface area contributed by atoms with Gasteiger partial charge in [-0.25, -0.2) is 9.07 Å². The van der Waals surface area contributed by atoms with E-state index in [0.29, 0.717) is 48.7 Å². The molecule has 3 N–H and O–H groups in total. The van der Waals surface area contributed by atoms with Crippen LogP contribution in [0.1, 0.15) is 0 Å². The van der Waals surface area contributed by atoms with E-state index < -0.39 is 0 Å². The summed E-state index contributed by atoms with van der Waals surface area (Å²) < 4.78 is 19.6. The Balaban J connectivity index is 1.45. The van der Waals surface area contributed by atoms with Crippen LogP contribution in [0.4, 0.5) is 4.39 Å². The van der Waals surface area contributed by atoms with Crippen LogP contribution in [0.15, 0.2) is 35.5 Å². The molecular formula is C17H18FN7O2S. The Hall–Kier alpha value is -2.92. The number of hydrogen-bond acceptors (Lipinski definition) is 7. The molecule has 146 valence electrons. The number of benzene rings is 1. The molecule has 28 heavy (non-hydrogen) atoms. The molecule has 1 aromatic carbocycles. The minimum absolute atomic E-state index is 0.0120. The van der Waals surface area contributed by atoms with Gasteiger partial charge in [0.25, 0.3) is 0 Å². The van der Waals surface area contributed by atoms with Gasteiger partial charge in [-0.1, -0.05) is 11.8 Å². The van der Waals surface area contributed by atoms with E-state index in [2.05, 4.69) is 20.4 Å². The van der Waals surface area contributed by atoms with Crippen LogP contribution in [0.3, 0.4) is 0 Å². The third-order valence-corrected chi connectivity index (χ3v) is 5.24. The first kappa shape index (κ1) is 18.4. The molecule has 1 aliphatic rings. The van der Waals surface area contributed by atoms with Gasteiger partial charge in [-0.2, -0.15) is 5.10 Å². The second kappa shape index (κ2) is 7.98. The van der Waals surface area contributed by atoms with Crippen LogP contribution in [0, 0.1) is 5.82 Å². The monoisotopic (exact) mass is 403 g/mol. The number of carbonyl (C=O) groups is 1. The Kier molecular flexibility index (Phi) is 5.26. The number of hydrogen-bond donors (Lipinski definition) is 2. The minimum Gasteiger partial charge on any atom is -0.378 e. The number of nitrogens with one attached hydrogen (secondary N) is 1. The zero-order valence-corrected chi connectivity index (χ0v) is 15.7. The normalized spacial score (nSPS) is 14.4. The third kappa shape index (κ3) is 3.85. The average Bonchev–Trinajstić information content (AvgIpc) is 3.34. The van der Waals surface area contributed by atoms with Crippen molar-refractivity contribution < 1.29 is 13.9 Å². The summed E-state index contributed by atoms with van der Waals surface area (Å²) in [6.07, 6.45) is 0.